The van der Waals surface area contributed by atoms with Gasteiger partial charge in [-0.05, 0) is 67.6 Å². The molecular formula is C45H41N5O8. The summed E-state index contributed by atoms with van der Waals surface area (Å²) in [6.45, 7) is 1.54. The Bertz CT molecular complexity index is 2590. The number of hydrogen-bond donors (Lipinski definition) is 1. The number of amides is 4. The third kappa shape index (κ3) is 6.18. The van der Waals surface area contributed by atoms with Crippen LogP contribution >= 0.6 is 0 Å². The Labute approximate surface area is 334 Å². The number of hydrogen-bond acceptors (Lipinski definition) is 10. The quantitative estimate of drug-likeness (QED) is 0.0993. The zero-order valence-electron chi connectivity index (χ0n) is 32.0. The van der Waals surface area contributed by atoms with E-state index in [4.69, 9.17) is 18.9 Å². The molecule has 294 valence electrons. The molecule has 3 aromatic heterocycles. The maximum Gasteiger partial charge on any atom is 0.262 e. The van der Waals surface area contributed by atoms with E-state index < -0.39 is 29.7 Å². The number of benzene rings is 2. The summed E-state index contributed by atoms with van der Waals surface area (Å²) in [6.07, 6.45) is 11.0. The van der Waals surface area contributed by atoms with Crippen LogP contribution in [0.2, 0.25) is 0 Å². The Morgan fingerprint density at radius 2 is 1.74 bits per heavy atom. The van der Waals surface area contributed by atoms with E-state index in [9.17, 15) is 19.2 Å². The lowest BCUT2D eigenvalue weighted by Crippen LogP contribution is -2.54. The summed E-state index contributed by atoms with van der Waals surface area (Å²) in [5, 5.41) is 4.54. The van der Waals surface area contributed by atoms with E-state index in [1.54, 1.807) is 6.07 Å². The van der Waals surface area contributed by atoms with Gasteiger partial charge >= 0.3 is 0 Å². The first-order valence-corrected chi connectivity index (χ1v) is 19.8. The predicted molar refractivity (Wildman–Crippen MR) is 211 cm³/mol. The van der Waals surface area contributed by atoms with Crippen LogP contribution in [0, 0.1) is 22.7 Å². The minimum Gasteiger partial charge on any atom is -0.491 e. The van der Waals surface area contributed by atoms with Gasteiger partial charge in [0.15, 0.2) is 0 Å². The van der Waals surface area contributed by atoms with E-state index in [1.807, 2.05) is 30.7 Å². The summed E-state index contributed by atoms with van der Waals surface area (Å²) in [5.74, 6) is 5.54. The lowest BCUT2D eigenvalue weighted by Gasteiger charge is -2.38. The molecule has 13 nitrogen and oxygen atoms in total. The molecule has 1 saturated heterocycles. The second-order valence-corrected chi connectivity index (χ2v) is 16.1. The highest BCUT2D eigenvalue weighted by molar-refractivity contribution is 6.23. The number of nitrogens with one attached hydrogen (secondary N) is 1. The van der Waals surface area contributed by atoms with E-state index in [-0.39, 0.29) is 60.2 Å². The SMILES string of the molecule is Cn1c2ccncc2c2ccc(-c3ccc(O[C@H]4C[C@H](OCC56CCC5(C#CCOCCOc5ccc7c(c5)C(=O)N(C5CCC(=O)NC5=O)C7=O)C6)C4)nc3)cc21. The smallest absolute Gasteiger partial charge is 0.262 e. The third-order valence-corrected chi connectivity index (χ3v) is 12.8. The van der Waals surface area contributed by atoms with Crippen LogP contribution in [0.5, 0.6) is 11.6 Å². The second-order valence-electron chi connectivity index (χ2n) is 16.1. The highest BCUT2D eigenvalue weighted by Crippen LogP contribution is 2.77. The van der Waals surface area contributed by atoms with Crippen molar-refractivity contribution in [2.45, 2.75) is 63.2 Å². The van der Waals surface area contributed by atoms with Gasteiger partial charge in [-0.3, -0.25) is 34.4 Å². The number of carbonyl (C=O) groups is 4. The Kier molecular flexibility index (Phi) is 8.80. The zero-order valence-corrected chi connectivity index (χ0v) is 32.0. The number of aryl methyl sites for hydroxylation is 1. The molecule has 1 N–H and O–H groups in total. The lowest BCUT2D eigenvalue weighted by molar-refractivity contribution is -0.136. The Hall–Kier alpha value is -6.10. The van der Waals surface area contributed by atoms with Crippen molar-refractivity contribution in [2.75, 3.05) is 26.4 Å². The van der Waals surface area contributed by atoms with Crippen LogP contribution in [0.3, 0.4) is 0 Å². The molecule has 3 unspecified atom stereocenters. The number of ether oxygens (including phenoxy) is 4. The topological polar surface area (TPSA) is 151 Å². The van der Waals surface area contributed by atoms with Crippen LogP contribution in [-0.4, -0.2) is 87.7 Å². The predicted octanol–water partition coefficient (Wildman–Crippen LogP) is 5.39. The fourth-order valence-corrected chi connectivity index (χ4v) is 9.13. The molecule has 0 spiro atoms. The highest BCUT2D eigenvalue weighted by Gasteiger charge is 2.73. The maximum absolute atomic E-state index is 13.1. The molecule has 5 aromatic rings. The van der Waals surface area contributed by atoms with Crippen LogP contribution in [0.25, 0.3) is 32.9 Å². The average molecular weight is 780 g/mol. The Balaban J connectivity index is 0.637. The number of imide groups is 2. The number of pyridine rings is 2. The normalized spacial score (nSPS) is 25.7. The summed E-state index contributed by atoms with van der Waals surface area (Å²) >= 11 is 0. The van der Waals surface area contributed by atoms with E-state index in [0.29, 0.717) is 18.2 Å². The molecule has 10 rings (SSSR count). The summed E-state index contributed by atoms with van der Waals surface area (Å²) in [4.78, 5) is 59.7. The Morgan fingerprint density at radius 3 is 2.55 bits per heavy atom. The monoisotopic (exact) mass is 779 g/mol. The molecule has 58 heavy (non-hydrogen) atoms. The zero-order chi connectivity index (χ0) is 39.6. The molecule has 0 radical (unpaired) electrons. The van der Waals surface area contributed by atoms with Gasteiger partial charge in [0.25, 0.3) is 11.8 Å². The van der Waals surface area contributed by atoms with Crippen LogP contribution in [0.15, 0.2) is 73.2 Å². The van der Waals surface area contributed by atoms with Crippen LogP contribution in [-0.2, 0) is 26.1 Å². The van der Waals surface area contributed by atoms with E-state index >= 15 is 0 Å². The maximum atomic E-state index is 13.1. The lowest BCUT2D eigenvalue weighted by atomic mass is 9.74. The van der Waals surface area contributed by atoms with Crippen molar-refractivity contribution < 1.29 is 38.1 Å². The van der Waals surface area contributed by atoms with Gasteiger partial charge in [0.2, 0.25) is 17.7 Å². The van der Waals surface area contributed by atoms with Gasteiger partial charge in [-0.25, -0.2) is 4.98 Å². The van der Waals surface area contributed by atoms with Crippen molar-refractivity contribution >= 4 is 45.4 Å². The number of nitrogens with zero attached hydrogens (tertiary/aromatic N) is 4. The largest absolute Gasteiger partial charge is 0.491 e. The fraction of sp³-hybridized carbons (Fsp3) is 0.378. The highest BCUT2D eigenvalue weighted by atomic mass is 16.5. The average Bonchev–Trinajstić information content (AvgIpc) is 3.39. The summed E-state index contributed by atoms with van der Waals surface area (Å²) < 4.78 is 26.2. The van der Waals surface area contributed by atoms with Gasteiger partial charge in [-0.1, -0.05) is 24.0 Å². The van der Waals surface area contributed by atoms with Crippen LogP contribution < -0.4 is 14.8 Å². The summed E-state index contributed by atoms with van der Waals surface area (Å²) in [6, 6.07) is 16.2. The standard InChI is InChI=1S/C45H41N5O8/c1-49-36-11-15-46-24-35(36)32-6-3-27(19-38(32)49)28-4-10-40(47-23-28)58-31-20-30(21-31)57-26-45-14-13-44(45,25-45)12-2-16-55-17-18-56-29-5-7-33-34(22-29)43(54)50(42(33)53)37-8-9-39(51)48-41(37)52/h3-7,10-11,15,19,22-24,30-31,37H,8-9,13-14,16-18,20-21,25-26H2,1H3,(H,48,51,52)/t30-,31-,37?,44?,45?. The number of carbonyl (C=O) groups excluding carboxylic acids is 4. The van der Waals surface area contributed by atoms with Crippen molar-refractivity contribution in [1.82, 2.24) is 24.8 Å². The molecule has 2 aromatic carbocycles. The molecule has 3 saturated carbocycles. The van der Waals surface area contributed by atoms with Crippen molar-refractivity contribution in [3.8, 4) is 34.6 Å². The first-order valence-electron chi connectivity index (χ1n) is 19.8. The molecule has 2 aliphatic heterocycles. The third-order valence-electron chi connectivity index (χ3n) is 12.8. The number of aromatic nitrogens is 3. The van der Waals surface area contributed by atoms with E-state index in [1.165, 1.54) is 17.5 Å². The second kappa shape index (κ2) is 14.1. The van der Waals surface area contributed by atoms with Gasteiger partial charge in [-0.2, -0.15) is 0 Å². The molecule has 5 heterocycles. The molecule has 4 amide bonds. The summed E-state index contributed by atoms with van der Waals surface area (Å²) in [5.41, 5.74) is 5.03. The van der Waals surface area contributed by atoms with Crippen molar-refractivity contribution in [2.24, 2.45) is 17.9 Å². The molecular weight excluding hydrogens is 739 g/mol. The van der Waals surface area contributed by atoms with Gasteiger partial charge in [-0.15, -0.1) is 0 Å². The molecule has 4 fully saturated rings. The molecule has 13 heteroatoms. The van der Waals surface area contributed by atoms with Crippen molar-refractivity contribution in [3.63, 3.8) is 0 Å². The van der Waals surface area contributed by atoms with Crippen molar-refractivity contribution in [1.29, 1.82) is 0 Å². The molecule has 0 bridgehead atoms. The van der Waals surface area contributed by atoms with Gasteiger partial charge in [0.05, 0.1) is 36.0 Å². The Morgan fingerprint density at radius 1 is 0.879 bits per heavy atom. The fourth-order valence-electron chi connectivity index (χ4n) is 9.13. The number of piperidine rings is 1. The van der Waals surface area contributed by atoms with E-state index in [0.717, 1.165) is 71.2 Å². The van der Waals surface area contributed by atoms with E-state index in [2.05, 4.69) is 63.0 Å². The first kappa shape index (κ1) is 36.3. The first-order chi connectivity index (χ1) is 28.2. The van der Waals surface area contributed by atoms with Gasteiger partial charge in [0, 0.05) is 83.6 Å². The van der Waals surface area contributed by atoms with Crippen LogP contribution in [0.4, 0.5) is 0 Å². The molecule has 3 atom stereocenters. The van der Waals surface area contributed by atoms with Crippen LogP contribution in [0.1, 0.15) is 65.7 Å². The number of fused-ring (bicyclic) bond motifs is 5. The molecule has 3 aliphatic carbocycles. The molecule has 5 aliphatic rings. The summed E-state index contributed by atoms with van der Waals surface area (Å²) in [7, 11) is 2.08. The minimum atomic E-state index is -1.01. The number of rotatable bonds is 12. The van der Waals surface area contributed by atoms with Gasteiger partial charge in [0.1, 0.15) is 31.1 Å². The van der Waals surface area contributed by atoms with Gasteiger partial charge < -0.3 is 23.5 Å². The van der Waals surface area contributed by atoms with Crippen molar-refractivity contribution in [3.05, 3.63) is 84.3 Å². The minimum absolute atomic E-state index is 0.0315.